The summed E-state index contributed by atoms with van der Waals surface area (Å²) in [6, 6.07) is 22.4. The molecule has 6 rings (SSSR count). The first kappa shape index (κ1) is 18.7. The van der Waals surface area contributed by atoms with Crippen molar-refractivity contribution in [3.63, 3.8) is 0 Å². The van der Waals surface area contributed by atoms with Gasteiger partial charge in [0.2, 0.25) is 12.7 Å². The minimum atomic E-state index is -0.409. The summed E-state index contributed by atoms with van der Waals surface area (Å²) in [7, 11) is 0. The fourth-order valence-electron chi connectivity index (χ4n) is 4.64. The smallest absolute Gasteiger partial charge is 0.231 e. The molecular weight excluding hydrogens is 404 g/mol. The van der Waals surface area contributed by atoms with Crippen LogP contribution in [-0.4, -0.2) is 22.6 Å². The SMILES string of the molecule is O=C(Cc1ccccc1)N1Cc2c([nH]c3ccccc3c2=O)C1c1ccc2c(c1)OCO2. The minimum Gasteiger partial charge on any atom is -0.454 e. The van der Waals surface area contributed by atoms with E-state index in [0.29, 0.717) is 22.4 Å². The van der Waals surface area contributed by atoms with E-state index in [1.165, 1.54) is 0 Å². The van der Waals surface area contributed by atoms with Gasteiger partial charge in [-0.05, 0) is 35.4 Å². The predicted octanol–water partition coefficient (Wildman–Crippen LogP) is 3.93. The van der Waals surface area contributed by atoms with Gasteiger partial charge in [0.1, 0.15) is 0 Å². The average Bonchev–Trinajstić information content (AvgIpc) is 3.44. The van der Waals surface area contributed by atoms with Crippen molar-refractivity contribution in [3.05, 3.63) is 105 Å². The van der Waals surface area contributed by atoms with E-state index in [2.05, 4.69) is 4.98 Å². The number of fused-ring (bicyclic) bond motifs is 3. The molecule has 1 atom stereocenters. The number of nitrogens with one attached hydrogen (secondary N) is 1. The predicted molar refractivity (Wildman–Crippen MR) is 120 cm³/mol. The lowest BCUT2D eigenvalue weighted by atomic mass is 10.00. The van der Waals surface area contributed by atoms with E-state index in [9.17, 15) is 9.59 Å². The molecule has 1 aromatic heterocycles. The topological polar surface area (TPSA) is 71.6 Å². The van der Waals surface area contributed by atoms with E-state index in [0.717, 1.165) is 22.3 Å². The molecule has 0 saturated carbocycles. The molecular formula is C26H20N2O4. The van der Waals surface area contributed by atoms with Crippen LogP contribution in [0.4, 0.5) is 0 Å². The first-order valence-electron chi connectivity index (χ1n) is 10.6. The van der Waals surface area contributed by atoms with Crippen LogP contribution in [0.15, 0.2) is 77.6 Å². The number of carbonyl (C=O) groups excluding carboxylic acids is 1. The van der Waals surface area contributed by atoms with E-state index < -0.39 is 6.04 Å². The monoisotopic (exact) mass is 424 g/mol. The first-order valence-corrected chi connectivity index (χ1v) is 10.6. The van der Waals surface area contributed by atoms with Crippen LogP contribution in [0.25, 0.3) is 10.9 Å². The van der Waals surface area contributed by atoms with Crippen molar-refractivity contribution in [2.24, 2.45) is 0 Å². The van der Waals surface area contributed by atoms with Crippen molar-refractivity contribution in [3.8, 4) is 11.5 Å². The van der Waals surface area contributed by atoms with Crippen molar-refractivity contribution >= 4 is 16.8 Å². The highest BCUT2D eigenvalue weighted by molar-refractivity contribution is 5.83. The third-order valence-electron chi connectivity index (χ3n) is 6.18. The van der Waals surface area contributed by atoms with Crippen molar-refractivity contribution in [2.75, 3.05) is 6.79 Å². The normalized spacial score (nSPS) is 16.4. The van der Waals surface area contributed by atoms with Crippen molar-refractivity contribution in [1.82, 2.24) is 9.88 Å². The number of hydrogen-bond acceptors (Lipinski definition) is 4. The molecule has 2 aliphatic rings. The maximum absolute atomic E-state index is 13.5. The molecule has 1 amide bonds. The Labute approximate surface area is 184 Å². The summed E-state index contributed by atoms with van der Waals surface area (Å²) < 4.78 is 11.0. The van der Waals surface area contributed by atoms with Crippen LogP contribution in [0.2, 0.25) is 0 Å². The van der Waals surface area contributed by atoms with Crippen LogP contribution in [0.5, 0.6) is 11.5 Å². The summed E-state index contributed by atoms with van der Waals surface area (Å²) in [6.45, 7) is 0.443. The third kappa shape index (κ3) is 2.95. The molecule has 1 N–H and O–H groups in total. The van der Waals surface area contributed by atoms with Gasteiger partial charge in [0.15, 0.2) is 16.9 Å². The molecule has 0 radical (unpaired) electrons. The molecule has 158 valence electrons. The van der Waals surface area contributed by atoms with Gasteiger partial charge in [-0.15, -0.1) is 0 Å². The summed E-state index contributed by atoms with van der Waals surface area (Å²) in [6.07, 6.45) is 0.267. The fourth-order valence-corrected chi connectivity index (χ4v) is 4.64. The maximum Gasteiger partial charge on any atom is 0.231 e. The molecule has 2 aliphatic heterocycles. The summed E-state index contributed by atoms with van der Waals surface area (Å²) >= 11 is 0. The Balaban J connectivity index is 1.49. The van der Waals surface area contributed by atoms with Crippen LogP contribution in [-0.2, 0) is 17.8 Å². The summed E-state index contributed by atoms with van der Waals surface area (Å²) in [4.78, 5) is 32.0. The second-order valence-electron chi connectivity index (χ2n) is 8.09. The Bertz CT molecular complexity index is 1410. The van der Waals surface area contributed by atoms with E-state index in [4.69, 9.17) is 9.47 Å². The first-order chi connectivity index (χ1) is 15.7. The van der Waals surface area contributed by atoms with Crippen molar-refractivity contribution in [1.29, 1.82) is 0 Å². The highest BCUT2D eigenvalue weighted by Crippen LogP contribution is 2.41. The second kappa shape index (κ2) is 7.27. The fraction of sp³-hybridized carbons (Fsp3) is 0.154. The van der Waals surface area contributed by atoms with Crippen LogP contribution in [0.3, 0.4) is 0 Å². The number of ether oxygens (including phenoxy) is 2. The molecule has 4 aromatic rings. The number of aromatic nitrogens is 1. The number of pyridine rings is 1. The molecule has 32 heavy (non-hydrogen) atoms. The Morgan fingerprint density at radius 3 is 2.62 bits per heavy atom. The number of rotatable bonds is 3. The van der Waals surface area contributed by atoms with Crippen molar-refractivity contribution in [2.45, 2.75) is 19.0 Å². The van der Waals surface area contributed by atoms with E-state index in [1.54, 1.807) is 4.90 Å². The van der Waals surface area contributed by atoms with Gasteiger partial charge < -0.3 is 19.4 Å². The molecule has 0 spiro atoms. The Morgan fingerprint density at radius 2 is 1.75 bits per heavy atom. The molecule has 0 aliphatic carbocycles. The minimum absolute atomic E-state index is 0.0323. The van der Waals surface area contributed by atoms with E-state index in [-0.39, 0.29) is 31.1 Å². The molecule has 3 aromatic carbocycles. The number of nitrogens with zero attached hydrogens (tertiary/aromatic N) is 1. The zero-order valence-corrected chi connectivity index (χ0v) is 17.2. The Hall–Kier alpha value is -4.06. The number of para-hydroxylation sites is 1. The number of carbonyl (C=O) groups is 1. The zero-order valence-electron chi connectivity index (χ0n) is 17.2. The molecule has 6 heteroatoms. The lowest BCUT2D eigenvalue weighted by molar-refractivity contribution is -0.132. The zero-order chi connectivity index (χ0) is 21.7. The lowest BCUT2D eigenvalue weighted by Crippen LogP contribution is -2.31. The molecule has 0 fully saturated rings. The quantitative estimate of drug-likeness (QED) is 0.541. The van der Waals surface area contributed by atoms with E-state index >= 15 is 0 Å². The molecule has 1 unspecified atom stereocenters. The molecule has 3 heterocycles. The van der Waals surface area contributed by atoms with Crippen LogP contribution >= 0.6 is 0 Å². The number of H-pyrrole nitrogens is 1. The third-order valence-corrected chi connectivity index (χ3v) is 6.18. The van der Waals surface area contributed by atoms with Gasteiger partial charge in [-0.3, -0.25) is 9.59 Å². The molecule has 0 saturated heterocycles. The summed E-state index contributed by atoms with van der Waals surface area (Å²) in [5, 5.41) is 0.632. The van der Waals surface area contributed by atoms with Crippen LogP contribution in [0, 0.1) is 0 Å². The second-order valence-corrected chi connectivity index (χ2v) is 8.09. The van der Waals surface area contributed by atoms with Crippen LogP contribution < -0.4 is 14.9 Å². The average molecular weight is 424 g/mol. The van der Waals surface area contributed by atoms with Gasteiger partial charge in [-0.1, -0.05) is 48.5 Å². The van der Waals surface area contributed by atoms with Gasteiger partial charge in [0.05, 0.1) is 24.7 Å². The standard InChI is InChI=1S/C26H20N2O4/c29-23(12-16-6-2-1-3-7-16)28-14-19-24(27-20-9-5-4-8-18(20)26(19)30)25(28)17-10-11-21-22(13-17)32-15-31-21/h1-11,13,25H,12,14-15H2,(H,27,30). The molecule has 0 bridgehead atoms. The van der Waals surface area contributed by atoms with Gasteiger partial charge in [0, 0.05) is 16.5 Å². The number of aromatic amines is 1. The van der Waals surface area contributed by atoms with Gasteiger partial charge in [-0.25, -0.2) is 0 Å². The van der Waals surface area contributed by atoms with Crippen LogP contribution in [0.1, 0.15) is 28.4 Å². The summed E-state index contributed by atoms with van der Waals surface area (Å²) in [5.41, 5.74) is 3.94. The number of hydrogen-bond donors (Lipinski definition) is 1. The highest BCUT2D eigenvalue weighted by Gasteiger charge is 2.38. The van der Waals surface area contributed by atoms with Gasteiger partial charge in [0.25, 0.3) is 0 Å². The number of benzene rings is 3. The maximum atomic E-state index is 13.5. The van der Waals surface area contributed by atoms with E-state index in [1.807, 2.05) is 72.8 Å². The largest absolute Gasteiger partial charge is 0.454 e. The Kier molecular flexibility index (Phi) is 4.24. The summed E-state index contributed by atoms with van der Waals surface area (Å²) in [5.74, 6) is 1.29. The number of amides is 1. The Morgan fingerprint density at radius 1 is 0.969 bits per heavy atom. The molecule has 6 nitrogen and oxygen atoms in total. The van der Waals surface area contributed by atoms with Gasteiger partial charge >= 0.3 is 0 Å². The highest BCUT2D eigenvalue weighted by atomic mass is 16.7. The van der Waals surface area contributed by atoms with Gasteiger partial charge in [-0.2, -0.15) is 0 Å². The lowest BCUT2D eigenvalue weighted by Gasteiger charge is -2.26. The van der Waals surface area contributed by atoms with Crippen molar-refractivity contribution < 1.29 is 14.3 Å².